The molecule has 0 radical (unpaired) electrons. The molecule has 0 unspecified atom stereocenters. The molecule has 0 aliphatic carbocycles. The summed E-state index contributed by atoms with van der Waals surface area (Å²) in [5, 5.41) is 8.33. The molecule has 0 aliphatic heterocycles. The first-order valence-corrected chi connectivity index (χ1v) is 10.7. The van der Waals surface area contributed by atoms with E-state index in [1.165, 1.54) is 12.1 Å². The molecule has 0 spiro atoms. The molecule has 4 rings (SSSR count). The summed E-state index contributed by atoms with van der Waals surface area (Å²) in [5.41, 5.74) is 4.72. The van der Waals surface area contributed by atoms with Crippen LogP contribution in [0.4, 0.5) is 18.9 Å². The molecular weight excluding hydrogens is 465 g/mol. The van der Waals surface area contributed by atoms with Gasteiger partial charge < -0.3 is 9.88 Å². The van der Waals surface area contributed by atoms with Gasteiger partial charge in [-0.3, -0.25) is 4.79 Å². The first-order chi connectivity index (χ1) is 16.3. The summed E-state index contributed by atoms with van der Waals surface area (Å²) in [6.45, 7) is 0.412. The minimum Gasteiger partial charge on any atom is -0.376 e. The van der Waals surface area contributed by atoms with Gasteiger partial charge >= 0.3 is 6.18 Å². The number of rotatable bonds is 7. The third-order valence-electron chi connectivity index (χ3n) is 5.12. The Bertz CT molecular complexity index is 1330. The van der Waals surface area contributed by atoms with Gasteiger partial charge in [-0.2, -0.15) is 18.3 Å². The lowest BCUT2D eigenvalue weighted by atomic mass is 10.2. The van der Waals surface area contributed by atoms with Crippen LogP contribution in [0, 0.1) is 0 Å². The molecule has 0 atom stereocenters. The highest BCUT2D eigenvalue weighted by atomic mass is 35.5. The van der Waals surface area contributed by atoms with E-state index in [4.69, 9.17) is 11.6 Å². The molecule has 0 bridgehead atoms. The van der Waals surface area contributed by atoms with E-state index >= 15 is 0 Å². The highest BCUT2D eigenvalue weighted by Crippen LogP contribution is 2.30. The van der Waals surface area contributed by atoms with E-state index in [0.717, 1.165) is 34.2 Å². The van der Waals surface area contributed by atoms with Crippen molar-refractivity contribution in [3.05, 3.63) is 101 Å². The average Bonchev–Trinajstić information content (AvgIpc) is 3.16. The summed E-state index contributed by atoms with van der Waals surface area (Å²) in [6, 6.07) is 20.1. The van der Waals surface area contributed by atoms with Gasteiger partial charge in [0.25, 0.3) is 5.91 Å². The van der Waals surface area contributed by atoms with E-state index in [-0.39, 0.29) is 12.2 Å². The largest absolute Gasteiger partial charge is 0.416 e. The number of carbonyl (C=O) groups is 1. The molecule has 1 aromatic heterocycles. The molecule has 9 heteroatoms. The standard InChI is InChI=1S/C25H20ClF3N4O/c26-20-10-8-17(9-11-20)15-33-16-18(22-6-1-2-7-23(22)33)13-31-32-24(34)14-30-21-5-3-4-19(12-21)25(27,28)29/h1-13,16,30H,14-15H2,(H,32,34)/b31-13-. The number of carbonyl (C=O) groups excluding carboxylic acids is 1. The van der Waals surface area contributed by atoms with Crippen molar-refractivity contribution in [2.24, 2.45) is 5.10 Å². The number of halogens is 4. The Kier molecular flexibility index (Phi) is 6.88. The van der Waals surface area contributed by atoms with Crippen LogP contribution < -0.4 is 10.7 Å². The maximum absolute atomic E-state index is 12.8. The molecule has 0 aliphatic rings. The number of aromatic nitrogens is 1. The van der Waals surface area contributed by atoms with Gasteiger partial charge in [0.05, 0.1) is 18.3 Å². The third-order valence-corrected chi connectivity index (χ3v) is 5.37. The molecule has 4 aromatic rings. The minimum atomic E-state index is -4.45. The lowest BCUT2D eigenvalue weighted by Gasteiger charge is -2.09. The van der Waals surface area contributed by atoms with Gasteiger partial charge in [-0.25, -0.2) is 5.43 Å². The van der Waals surface area contributed by atoms with Gasteiger partial charge in [0, 0.05) is 39.9 Å². The highest BCUT2D eigenvalue weighted by Gasteiger charge is 2.30. The van der Waals surface area contributed by atoms with Crippen LogP contribution in [0.3, 0.4) is 0 Å². The van der Waals surface area contributed by atoms with Crippen LogP contribution in [0.25, 0.3) is 10.9 Å². The Labute approximate surface area is 198 Å². The fourth-order valence-corrected chi connectivity index (χ4v) is 3.62. The Morgan fingerprint density at radius 1 is 1.03 bits per heavy atom. The first kappa shape index (κ1) is 23.4. The smallest absolute Gasteiger partial charge is 0.376 e. The summed E-state index contributed by atoms with van der Waals surface area (Å²) in [7, 11) is 0. The fraction of sp³-hybridized carbons (Fsp3) is 0.120. The second-order valence-corrected chi connectivity index (χ2v) is 8.02. The number of amides is 1. The van der Waals surface area contributed by atoms with E-state index in [0.29, 0.717) is 11.6 Å². The van der Waals surface area contributed by atoms with Crippen LogP contribution in [0.1, 0.15) is 16.7 Å². The fourth-order valence-electron chi connectivity index (χ4n) is 3.50. The summed E-state index contributed by atoms with van der Waals surface area (Å²) < 4.78 is 40.5. The van der Waals surface area contributed by atoms with Crippen molar-refractivity contribution >= 4 is 40.3 Å². The predicted molar refractivity (Wildman–Crippen MR) is 128 cm³/mol. The Morgan fingerprint density at radius 3 is 2.56 bits per heavy atom. The van der Waals surface area contributed by atoms with Crippen LogP contribution >= 0.6 is 11.6 Å². The van der Waals surface area contributed by atoms with Crippen LogP contribution in [-0.2, 0) is 17.5 Å². The topological polar surface area (TPSA) is 58.4 Å². The number of hydrogen-bond donors (Lipinski definition) is 2. The molecular formula is C25H20ClF3N4O. The Morgan fingerprint density at radius 2 is 1.79 bits per heavy atom. The van der Waals surface area contributed by atoms with E-state index in [1.54, 1.807) is 6.21 Å². The second-order valence-electron chi connectivity index (χ2n) is 7.58. The molecule has 34 heavy (non-hydrogen) atoms. The normalized spacial score (nSPS) is 11.8. The van der Waals surface area contributed by atoms with E-state index < -0.39 is 17.6 Å². The van der Waals surface area contributed by atoms with Gasteiger partial charge in [0.15, 0.2) is 0 Å². The van der Waals surface area contributed by atoms with Crippen molar-refractivity contribution in [1.29, 1.82) is 0 Å². The summed E-state index contributed by atoms with van der Waals surface area (Å²) in [6.07, 6.45) is -0.963. The SMILES string of the molecule is O=C(CNc1cccc(C(F)(F)F)c1)N/N=C\c1cn(Cc2ccc(Cl)cc2)c2ccccc12. The summed E-state index contributed by atoms with van der Waals surface area (Å²) in [5.74, 6) is -0.487. The van der Waals surface area contributed by atoms with Crippen LogP contribution in [0.2, 0.25) is 5.02 Å². The van der Waals surface area contributed by atoms with Crippen LogP contribution in [0.15, 0.2) is 84.1 Å². The number of benzene rings is 3. The Hall–Kier alpha value is -3.78. The zero-order valence-corrected chi connectivity index (χ0v) is 18.6. The first-order valence-electron chi connectivity index (χ1n) is 10.3. The average molecular weight is 485 g/mol. The monoisotopic (exact) mass is 484 g/mol. The number of alkyl halides is 3. The van der Waals surface area contributed by atoms with Crippen molar-refractivity contribution in [3.63, 3.8) is 0 Å². The molecule has 1 heterocycles. The lowest BCUT2D eigenvalue weighted by Crippen LogP contribution is -2.26. The highest BCUT2D eigenvalue weighted by molar-refractivity contribution is 6.30. The molecule has 1 amide bonds. The van der Waals surface area contributed by atoms with Crippen molar-refractivity contribution < 1.29 is 18.0 Å². The summed E-state index contributed by atoms with van der Waals surface area (Å²) >= 11 is 5.97. The lowest BCUT2D eigenvalue weighted by molar-refractivity contribution is -0.137. The van der Waals surface area contributed by atoms with Crippen molar-refractivity contribution in [1.82, 2.24) is 9.99 Å². The predicted octanol–water partition coefficient (Wildman–Crippen LogP) is 5.92. The molecule has 2 N–H and O–H groups in total. The second kappa shape index (κ2) is 10.0. The third kappa shape index (κ3) is 5.77. The van der Waals surface area contributed by atoms with Crippen LogP contribution in [0.5, 0.6) is 0 Å². The Balaban J connectivity index is 1.40. The summed E-state index contributed by atoms with van der Waals surface area (Å²) in [4.78, 5) is 12.1. The number of hydrogen-bond acceptors (Lipinski definition) is 3. The number of nitrogens with one attached hydrogen (secondary N) is 2. The molecule has 0 saturated carbocycles. The van der Waals surface area contributed by atoms with Gasteiger partial charge in [0.1, 0.15) is 0 Å². The van der Waals surface area contributed by atoms with Gasteiger partial charge in [-0.05, 0) is 42.0 Å². The molecule has 5 nitrogen and oxygen atoms in total. The molecule has 0 fully saturated rings. The van der Waals surface area contributed by atoms with E-state index in [1.807, 2.05) is 54.7 Å². The molecule has 0 saturated heterocycles. The van der Waals surface area contributed by atoms with Crippen molar-refractivity contribution in [3.8, 4) is 0 Å². The van der Waals surface area contributed by atoms with E-state index in [9.17, 15) is 18.0 Å². The van der Waals surface area contributed by atoms with Gasteiger partial charge in [-0.15, -0.1) is 0 Å². The zero-order chi connectivity index (χ0) is 24.1. The number of nitrogens with zero attached hydrogens (tertiary/aromatic N) is 2. The van der Waals surface area contributed by atoms with Gasteiger partial charge in [0.2, 0.25) is 0 Å². The van der Waals surface area contributed by atoms with E-state index in [2.05, 4.69) is 20.4 Å². The van der Waals surface area contributed by atoms with Crippen molar-refractivity contribution in [2.45, 2.75) is 12.7 Å². The maximum Gasteiger partial charge on any atom is 0.416 e. The maximum atomic E-state index is 12.8. The minimum absolute atomic E-state index is 0.194. The number of para-hydroxylation sites is 1. The number of anilines is 1. The van der Waals surface area contributed by atoms with Crippen LogP contribution in [-0.4, -0.2) is 23.2 Å². The zero-order valence-electron chi connectivity index (χ0n) is 17.8. The molecule has 3 aromatic carbocycles. The van der Waals surface area contributed by atoms with Crippen molar-refractivity contribution in [2.75, 3.05) is 11.9 Å². The molecule has 174 valence electrons. The number of hydrazone groups is 1. The number of fused-ring (bicyclic) bond motifs is 1. The quantitative estimate of drug-likeness (QED) is 0.252. The van der Waals surface area contributed by atoms with Gasteiger partial charge in [-0.1, -0.05) is 48.0 Å².